The van der Waals surface area contributed by atoms with Crippen LogP contribution in [0.25, 0.3) is 0 Å². The van der Waals surface area contributed by atoms with Gasteiger partial charge in [-0.1, -0.05) is 0 Å². The molecule has 1 fully saturated rings. The Balaban J connectivity index is 0.00000144. The molecule has 1 saturated heterocycles. The van der Waals surface area contributed by atoms with Gasteiger partial charge in [0.1, 0.15) is 11.4 Å². The maximum atomic E-state index is 12.0. The first kappa shape index (κ1) is 14.0. The maximum absolute atomic E-state index is 12.0. The number of imidazole rings is 1. The van der Waals surface area contributed by atoms with Gasteiger partial charge in [0.15, 0.2) is 0 Å². The summed E-state index contributed by atoms with van der Waals surface area (Å²) in [6.45, 7) is 3.56. The minimum Gasteiger partial charge on any atom is -0.467 e. The van der Waals surface area contributed by atoms with E-state index in [0.717, 1.165) is 31.8 Å². The zero-order chi connectivity index (χ0) is 11.6. The fourth-order valence-corrected chi connectivity index (χ4v) is 2.40. The number of esters is 1. The molecule has 0 atom stereocenters. The van der Waals surface area contributed by atoms with Crippen molar-refractivity contribution in [1.29, 1.82) is 0 Å². The number of carbonyl (C=O) groups excluding carboxylic acids is 1. The Kier molecular flexibility index (Phi) is 4.54. The van der Waals surface area contributed by atoms with Gasteiger partial charge in [0.05, 0.1) is 7.11 Å². The molecule has 1 aromatic rings. The van der Waals surface area contributed by atoms with Crippen LogP contribution >= 0.6 is 12.4 Å². The molecule has 2 heterocycles. The van der Waals surface area contributed by atoms with E-state index in [1.807, 2.05) is 17.7 Å². The van der Waals surface area contributed by atoms with Crippen molar-refractivity contribution < 1.29 is 9.53 Å². The highest BCUT2D eigenvalue weighted by Gasteiger charge is 2.42. The van der Waals surface area contributed by atoms with Crippen LogP contribution in [-0.2, 0) is 15.1 Å². The lowest BCUT2D eigenvalue weighted by atomic mass is 9.88. The third-order valence-corrected chi connectivity index (χ3v) is 3.28. The van der Waals surface area contributed by atoms with Crippen molar-refractivity contribution in [3.8, 4) is 0 Å². The molecule has 0 spiro atoms. The highest BCUT2D eigenvalue weighted by Crippen LogP contribution is 2.30. The van der Waals surface area contributed by atoms with Gasteiger partial charge in [-0.3, -0.25) is 0 Å². The first-order chi connectivity index (χ1) is 7.70. The molecule has 0 unspecified atom stereocenters. The van der Waals surface area contributed by atoms with E-state index in [2.05, 4.69) is 10.3 Å². The molecule has 0 bridgehead atoms. The van der Waals surface area contributed by atoms with Gasteiger partial charge in [-0.05, 0) is 32.9 Å². The summed E-state index contributed by atoms with van der Waals surface area (Å²) in [6, 6.07) is 0. The summed E-state index contributed by atoms with van der Waals surface area (Å²) < 4.78 is 6.90. The second kappa shape index (κ2) is 5.51. The van der Waals surface area contributed by atoms with Crippen LogP contribution in [0.4, 0.5) is 0 Å². The van der Waals surface area contributed by atoms with E-state index in [4.69, 9.17) is 4.74 Å². The number of ether oxygens (including phenoxy) is 1. The van der Waals surface area contributed by atoms with E-state index >= 15 is 0 Å². The summed E-state index contributed by atoms with van der Waals surface area (Å²) in [5.74, 6) is 0.683. The van der Waals surface area contributed by atoms with Crippen LogP contribution in [0, 0.1) is 6.92 Å². The molecule has 2 rings (SSSR count). The SMILES string of the molecule is COC(=O)C1(n2ccnc2C)CCNCC1.Cl. The van der Waals surface area contributed by atoms with E-state index in [9.17, 15) is 4.79 Å². The van der Waals surface area contributed by atoms with Crippen LogP contribution in [0.1, 0.15) is 18.7 Å². The van der Waals surface area contributed by atoms with Crippen molar-refractivity contribution in [2.24, 2.45) is 0 Å². The molecule has 96 valence electrons. The van der Waals surface area contributed by atoms with Crippen molar-refractivity contribution in [3.05, 3.63) is 18.2 Å². The number of carbonyl (C=O) groups is 1. The highest BCUT2D eigenvalue weighted by atomic mass is 35.5. The number of hydrogen-bond donors (Lipinski definition) is 1. The summed E-state index contributed by atoms with van der Waals surface area (Å²) in [5, 5.41) is 3.26. The molecule has 0 radical (unpaired) electrons. The number of methoxy groups -OCH3 is 1. The minimum atomic E-state index is -0.569. The monoisotopic (exact) mass is 259 g/mol. The zero-order valence-corrected chi connectivity index (χ0v) is 10.9. The van der Waals surface area contributed by atoms with Crippen LogP contribution < -0.4 is 5.32 Å². The van der Waals surface area contributed by atoms with Crippen molar-refractivity contribution in [1.82, 2.24) is 14.9 Å². The third-order valence-electron chi connectivity index (χ3n) is 3.28. The van der Waals surface area contributed by atoms with Crippen LogP contribution in [0.2, 0.25) is 0 Å². The van der Waals surface area contributed by atoms with E-state index in [1.54, 1.807) is 6.20 Å². The minimum absolute atomic E-state index is 0. The maximum Gasteiger partial charge on any atom is 0.332 e. The van der Waals surface area contributed by atoms with Gasteiger partial charge in [0.2, 0.25) is 0 Å². The smallest absolute Gasteiger partial charge is 0.332 e. The van der Waals surface area contributed by atoms with Crippen LogP contribution in [0.3, 0.4) is 0 Å². The number of nitrogens with one attached hydrogen (secondary N) is 1. The highest BCUT2D eigenvalue weighted by molar-refractivity contribution is 5.85. The fourth-order valence-electron chi connectivity index (χ4n) is 2.40. The largest absolute Gasteiger partial charge is 0.467 e. The van der Waals surface area contributed by atoms with Gasteiger partial charge in [0.25, 0.3) is 0 Å². The first-order valence-electron chi connectivity index (χ1n) is 5.50. The zero-order valence-electron chi connectivity index (χ0n) is 10.1. The van der Waals surface area contributed by atoms with Crippen LogP contribution in [0.15, 0.2) is 12.4 Å². The summed E-state index contributed by atoms with van der Waals surface area (Å²) in [4.78, 5) is 16.2. The predicted octanol–water partition coefficient (Wildman–Crippen LogP) is 0.865. The molecule has 1 aliphatic heterocycles. The predicted molar refractivity (Wildman–Crippen MR) is 66.3 cm³/mol. The van der Waals surface area contributed by atoms with Crippen molar-refractivity contribution in [2.75, 3.05) is 20.2 Å². The number of rotatable bonds is 2. The molecule has 6 heteroatoms. The van der Waals surface area contributed by atoms with Gasteiger partial charge in [0, 0.05) is 12.4 Å². The molecule has 17 heavy (non-hydrogen) atoms. The number of nitrogens with zero attached hydrogens (tertiary/aromatic N) is 2. The number of piperidine rings is 1. The Morgan fingerprint density at radius 3 is 2.65 bits per heavy atom. The molecule has 1 N–H and O–H groups in total. The molecular formula is C11H18ClN3O2. The van der Waals surface area contributed by atoms with Crippen molar-refractivity contribution >= 4 is 18.4 Å². The number of hydrogen-bond acceptors (Lipinski definition) is 4. The van der Waals surface area contributed by atoms with Crippen LogP contribution in [-0.4, -0.2) is 35.7 Å². The Morgan fingerprint density at radius 2 is 2.18 bits per heavy atom. The van der Waals surface area contributed by atoms with Crippen molar-refractivity contribution in [3.63, 3.8) is 0 Å². The van der Waals surface area contributed by atoms with Crippen molar-refractivity contribution in [2.45, 2.75) is 25.3 Å². The number of aromatic nitrogens is 2. The summed E-state index contributed by atoms with van der Waals surface area (Å²) in [5.41, 5.74) is -0.569. The van der Waals surface area contributed by atoms with Gasteiger partial charge >= 0.3 is 5.97 Å². The first-order valence-corrected chi connectivity index (χ1v) is 5.50. The molecule has 5 nitrogen and oxygen atoms in total. The fraction of sp³-hybridized carbons (Fsp3) is 0.636. The average molecular weight is 260 g/mol. The van der Waals surface area contributed by atoms with Gasteiger partial charge in [-0.2, -0.15) is 0 Å². The second-order valence-electron chi connectivity index (χ2n) is 4.12. The van der Waals surface area contributed by atoms with E-state index in [0.29, 0.717) is 0 Å². The lowest BCUT2D eigenvalue weighted by Gasteiger charge is -2.36. The van der Waals surface area contributed by atoms with Crippen LogP contribution in [0.5, 0.6) is 0 Å². The normalized spacial score (nSPS) is 18.2. The molecule has 0 aliphatic carbocycles. The van der Waals surface area contributed by atoms with E-state index in [-0.39, 0.29) is 18.4 Å². The van der Waals surface area contributed by atoms with E-state index in [1.165, 1.54) is 7.11 Å². The molecule has 0 saturated carbocycles. The molecule has 0 aromatic carbocycles. The summed E-state index contributed by atoms with van der Waals surface area (Å²) >= 11 is 0. The van der Waals surface area contributed by atoms with Gasteiger partial charge in [-0.25, -0.2) is 9.78 Å². The van der Waals surface area contributed by atoms with Gasteiger partial charge < -0.3 is 14.6 Å². The number of halogens is 1. The Labute approximate surface area is 107 Å². The Hall–Kier alpha value is -1.07. The Morgan fingerprint density at radius 1 is 1.53 bits per heavy atom. The lowest BCUT2D eigenvalue weighted by Crippen LogP contribution is -2.50. The van der Waals surface area contributed by atoms with Gasteiger partial charge in [-0.15, -0.1) is 12.4 Å². The molecule has 1 aliphatic rings. The Bertz CT molecular complexity index is 386. The molecule has 1 aromatic heterocycles. The topological polar surface area (TPSA) is 56.2 Å². The standard InChI is InChI=1S/C11H17N3O2.ClH/c1-9-13-7-8-14(9)11(10(15)16-2)3-5-12-6-4-11;/h7-8,12H,3-6H2,1-2H3;1H. The summed E-state index contributed by atoms with van der Waals surface area (Å²) in [6.07, 6.45) is 5.08. The molecule has 0 amide bonds. The van der Waals surface area contributed by atoms with E-state index < -0.39 is 5.54 Å². The summed E-state index contributed by atoms with van der Waals surface area (Å²) in [7, 11) is 1.44. The average Bonchev–Trinajstić information content (AvgIpc) is 2.76. The molecular weight excluding hydrogens is 242 g/mol. The second-order valence-corrected chi connectivity index (χ2v) is 4.12. The lowest BCUT2D eigenvalue weighted by molar-refractivity contribution is -0.153. The quantitative estimate of drug-likeness (QED) is 0.801. The third kappa shape index (κ3) is 2.30. The number of aryl methyl sites for hydroxylation is 1.